The molecule has 0 radical (unpaired) electrons. The maximum absolute atomic E-state index is 12.1. The molecule has 2 N–H and O–H groups in total. The van der Waals surface area contributed by atoms with E-state index in [1.807, 2.05) is 6.07 Å². The molecule has 0 saturated carbocycles. The molecule has 0 aliphatic rings. The van der Waals surface area contributed by atoms with Crippen molar-refractivity contribution in [3.63, 3.8) is 0 Å². The van der Waals surface area contributed by atoms with Gasteiger partial charge in [0.15, 0.2) is 0 Å². The number of aromatic carboxylic acids is 1. The molecule has 2 aromatic rings. The van der Waals surface area contributed by atoms with Gasteiger partial charge in [-0.15, -0.1) is 0 Å². The smallest absolute Gasteiger partial charge is 0.341 e. The maximum atomic E-state index is 12.1. The molecule has 0 spiro atoms. The van der Waals surface area contributed by atoms with E-state index >= 15 is 0 Å². The Kier molecular flexibility index (Phi) is 4.20. The van der Waals surface area contributed by atoms with Gasteiger partial charge in [0.2, 0.25) is 5.43 Å². The summed E-state index contributed by atoms with van der Waals surface area (Å²) in [6, 6.07) is 5.33. The molecule has 5 nitrogen and oxygen atoms in total. The SMILES string of the molecule is O=C(O)c1cn(CCCO)c2ccc(I)cc2c1=O. The minimum absolute atomic E-state index is 0.0143. The summed E-state index contributed by atoms with van der Waals surface area (Å²) in [4.78, 5) is 23.2. The average molecular weight is 373 g/mol. The predicted molar refractivity (Wildman–Crippen MR) is 79.6 cm³/mol. The number of aliphatic hydroxyl groups is 1. The third-order valence-corrected chi connectivity index (χ3v) is 3.50. The molecule has 19 heavy (non-hydrogen) atoms. The number of aromatic nitrogens is 1. The molecule has 0 aliphatic carbocycles. The molecule has 6 heteroatoms. The van der Waals surface area contributed by atoms with E-state index < -0.39 is 11.4 Å². The fraction of sp³-hybridized carbons (Fsp3) is 0.231. The summed E-state index contributed by atoms with van der Waals surface area (Å²) in [5.41, 5.74) is -0.0300. The zero-order valence-electron chi connectivity index (χ0n) is 9.97. The van der Waals surface area contributed by atoms with Crippen molar-refractivity contribution < 1.29 is 15.0 Å². The molecule has 1 heterocycles. The van der Waals surface area contributed by atoms with Gasteiger partial charge < -0.3 is 14.8 Å². The van der Waals surface area contributed by atoms with E-state index in [9.17, 15) is 9.59 Å². The Morgan fingerprint density at radius 1 is 1.37 bits per heavy atom. The molecule has 1 aromatic heterocycles. The van der Waals surface area contributed by atoms with Crippen molar-refractivity contribution >= 4 is 39.5 Å². The number of carboxylic acid groups (broad SMARTS) is 1. The van der Waals surface area contributed by atoms with Gasteiger partial charge in [-0.2, -0.15) is 0 Å². The highest BCUT2D eigenvalue weighted by Gasteiger charge is 2.14. The fourth-order valence-electron chi connectivity index (χ4n) is 1.95. The lowest BCUT2D eigenvalue weighted by atomic mass is 10.1. The Morgan fingerprint density at radius 3 is 2.74 bits per heavy atom. The molecule has 1 aromatic carbocycles. The molecular weight excluding hydrogens is 361 g/mol. The normalized spacial score (nSPS) is 10.8. The summed E-state index contributed by atoms with van der Waals surface area (Å²) < 4.78 is 2.57. The molecule has 0 unspecified atom stereocenters. The first kappa shape index (κ1) is 14.0. The molecule has 0 amide bonds. The van der Waals surface area contributed by atoms with Crippen LogP contribution in [0.25, 0.3) is 10.9 Å². The molecule has 0 aliphatic heterocycles. The summed E-state index contributed by atoms with van der Waals surface area (Å²) >= 11 is 2.08. The van der Waals surface area contributed by atoms with E-state index in [2.05, 4.69) is 22.6 Å². The van der Waals surface area contributed by atoms with Crippen molar-refractivity contribution in [1.82, 2.24) is 4.57 Å². The van der Waals surface area contributed by atoms with E-state index in [0.717, 1.165) is 3.57 Å². The minimum Gasteiger partial charge on any atom is -0.477 e. The summed E-state index contributed by atoms with van der Waals surface area (Å²) in [5.74, 6) is -1.23. The Hall–Kier alpha value is -1.41. The quantitative estimate of drug-likeness (QED) is 0.800. The molecule has 0 atom stereocenters. The van der Waals surface area contributed by atoms with Crippen molar-refractivity contribution in [3.8, 4) is 0 Å². The lowest BCUT2D eigenvalue weighted by molar-refractivity contribution is 0.0695. The lowest BCUT2D eigenvalue weighted by Gasteiger charge is -2.11. The zero-order valence-corrected chi connectivity index (χ0v) is 12.1. The van der Waals surface area contributed by atoms with E-state index in [1.54, 1.807) is 16.7 Å². The number of aliphatic hydroxyl groups excluding tert-OH is 1. The monoisotopic (exact) mass is 373 g/mol. The van der Waals surface area contributed by atoms with Gasteiger partial charge in [-0.3, -0.25) is 4.79 Å². The number of benzene rings is 1. The summed E-state index contributed by atoms with van der Waals surface area (Å²) in [5, 5.41) is 18.4. The van der Waals surface area contributed by atoms with Crippen LogP contribution in [-0.2, 0) is 6.54 Å². The van der Waals surface area contributed by atoms with Crippen LogP contribution >= 0.6 is 22.6 Å². The van der Waals surface area contributed by atoms with Gasteiger partial charge in [-0.1, -0.05) is 0 Å². The fourth-order valence-corrected chi connectivity index (χ4v) is 2.44. The number of rotatable bonds is 4. The lowest BCUT2D eigenvalue weighted by Crippen LogP contribution is -2.19. The predicted octanol–water partition coefficient (Wildman–Crippen LogP) is 1.69. The topological polar surface area (TPSA) is 79.5 Å². The maximum Gasteiger partial charge on any atom is 0.341 e. The van der Waals surface area contributed by atoms with Gasteiger partial charge in [0.05, 0.1) is 5.52 Å². The summed E-state index contributed by atoms with van der Waals surface area (Å²) in [7, 11) is 0. The van der Waals surface area contributed by atoms with Crippen molar-refractivity contribution in [2.45, 2.75) is 13.0 Å². The van der Waals surface area contributed by atoms with Gasteiger partial charge in [0.25, 0.3) is 0 Å². The Labute approximate surface area is 122 Å². The number of hydrogen-bond donors (Lipinski definition) is 2. The van der Waals surface area contributed by atoms with E-state index in [4.69, 9.17) is 10.2 Å². The minimum atomic E-state index is -1.23. The first-order valence-electron chi connectivity index (χ1n) is 5.71. The molecule has 100 valence electrons. The molecule has 2 rings (SSSR count). The highest BCUT2D eigenvalue weighted by molar-refractivity contribution is 14.1. The number of carbonyl (C=O) groups is 1. The molecule has 0 bridgehead atoms. The summed E-state index contributed by atoms with van der Waals surface area (Å²) in [6.07, 6.45) is 1.85. The van der Waals surface area contributed by atoms with Crippen LogP contribution < -0.4 is 5.43 Å². The second-order valence-corrected chi connectivity index (χ2v) is 5.35. The highest BCUT2D eigenvalue weighted by atomic mass is 127. The number of halogens is 1. The number of nitrogens with zero attached hydrogens (tertiary/aromatic N) is 1. The Balaban J connectivity index is 2.76. The van der Waals surface area contributed by atoms with Crippen LogP contribution in [0.3, 0.4) is 0 Å². The highest BCUT2D eigenvalue weighted by Crippen LogP contribution is 2.16. The van der Waals surface area contributed by atoms with Crippen LogP contribution in [-0.4, -0.2) is 27.4 Å². The first-order valence-corrected chi connectivity index (χ1v) is 6.79. The number of hydrogen-bond acceptors (Lipinski definition) is 3. The van der Waals surface area contributed by atoms with Gasteiger partial charge in [0.1, 0.15) is 5.56 Å². The van der Waals surface area contributed by atoms with Crippen LogP contribution in [0.4, 0.5) is 0 Å². The second kappa shape index (κ2) is 5.70. The molecule has 0 fully saturated rings. The van der Waals surface area contributed by atoms with E-state index in [-0.39, 0.29) is 12.2 Å². The van der Waals surface area contributed by atoms with Gasteiger partial charge in [0, 0.05) is 28.3 Å². The van der Waals surface area contributed by atoms with Gasteiger partial charge in [-0.25, -0.2) is 4.79 Å². The first-order chi connectivity index (χ1) is 9.04. The largest absolute Gasteiger partial charge is 0.477 e. The van der Waals surface area contributed by atoms with Crippen molar-refractivity contribution in [1.29, 1.82) is 0 Å². The van der Waals surface area contributed by atoms with E-state index in [0.29, 0.717) is 23.9 Å². The molecular formula is C13H12INO4. The average Bonchev–Trinajstić information content (AvgIpc) is 2.38. The number of carboxylic acids is 1. The third kappa shape index (κ3) is 2.79. The van der Waals surface area contributed by atoms with Gasteiger partial charge in [-0.05, 0) is 47.2 Å². The number of aryl methyl sites for hydroxylation is 1. The third-order valence-electron chi connectivity index (χ3n) is 2.83. The van der Waals surface area contributed by atoms with Crippen molar-refractivity contribution in [3.05, 3.63) is 43.8 Å². The Morgan fingerprint density at radius 2 is 2.11 bits per heavy atom. The van der Waals surface area contributed by atoms with Crippen LogP contribution in [0, 0.1) is 3.57 Å². The Bertz CT molecular complexity index is 693. The zero-order chi connectivity index (χ0) is 14.0. The van der Waals surface area contributed by atoms with Crippen molar-refractivity contribution in [2.24, 2.45) is 0 Å². The van der Waals surface area contributed by atoms with Crippen molar-refractivity contribution in [2.75, 3.05) is 6.61 Å². The number of fused-ring (bicyclic) bond motifs is 1. The van der Waals surface area contributed by atoms with Crippen LogP contribution in [0.5, 0.6) is 0 Å². The van der Waals surface area contributed by atoms with Crippen LogP contribution in [0.1, 0.15) is 16.8 Å². The van der Waals surface area contributed by atoms with Crippen LogP contribution in [0.2, 0.25) is 0 Å². The second-order valence-electron chi connectivity index (χ2n) is 4.11. The van der Waals surface area contributed by atoms with Gasteiger partial charge >= 0.3 is 5.97 Å². The van der Waals surface area contributed by atoms with Crippen LogP contribution in [0.15, 0.2) is 29.2 Å². The number of pyridine rings is 1. The van der Waals surface area contributed by atoms with E-state index in [1.165, 1.54) is 6.20 Å². The standard InChI is InChI=1S/C13H12INO4/c14-8-2-3-11-9(6-8)12(17)10(13(18)19)7-15(11)4-1-5-16/h2-3,6-7,16H,1,4-5H2,(H,18,19). The summed E-state index contributed by atoms with van der Waals surface area (Å²) in [6.45, 7) is 0.481. The molecule has 0 saturated heterocycles.